The van der Waals surface area contributed by atoms with Gasteiger partial charge in [-0.1, -0.05) is 42.5 Å². The predicted octanol–water partition coefficient (Wildman–Crippen LogP) is 3.04. The maximum absolute atomic E-state index is 9.26. The Labute approximate surface area is 110 Å². The van der Waals surface area contributed by atoms with Crippen LogP contribution in [0, 0.1) is 0 Å². The van der Waals surface area contributed by atoms with Gasteiger partial charge < -0.3 is 4.98 Å². The van der Waals surface area contributed by atoms with E-state index < -0.39 is 0 Å². The zero-order valence-electron chi connectivity index (χ0n) is 10.2. The molecule has 94 valence electrons. The van der Waals surface area contributed by atoms with Crippen molar-refractivity contribution in [1.29, 1.82) is 0 Å². The highest BCUT2D eigenvalue weighted by Crippen LogP contribution is 2.16. The fraction of sp³-hybridized carbons (Fsp3) is 0. The third-order valence-electron chi connectivity index (χ3n) is 2.89. The average molecular weight is 251 g/mol. The van der Waals surface area contributed by atoms with Crippen molar-refractivity contribution in [2.45, 2.75) is 0 Å². The topological polar surface area (TPSA) is 60.9 Å². The lowest BCUT2D eigenvalue weighted by atomic mass is 10.1. The van der Waals surface area contributed by atoms with Crippen molar-refractivity contribution in [3.8, 4) is 0 Å². The minimum absolute atomic E-state index is 0.597. The molecular formula is C15H13N3O. The highest BCUT2D eigenvalue weighted by atomic mass is 16.5. The highest BCUT2D eigenvalue weighted by Gasteiger charge is 2.03. The minimum Gasteiger partial charge on any atom is -0.338 e. The summed E-state index contributed by atoms with van der Waals surface area (Å²) in [5, 5.41) is 9.26. The summed E-state index contributed by atoms with van der Waals surface area (Å²) in [5.41, 5.74) is 5.58. The van der Waals surface area contributed by atoms with Crippen molar-refractivity contribution in [3.05, 3.63) is 66.0 Å². The first-order valence-corrected chi connectivity index (χ1v) is 5.99. The van der Waals surface area contributed by atoms with Crippen LogP contribution in [-0.2, 0) is 0 Å². The summed E-state index contributed by atoms with van der Waals surface area (Å²) in [6, 6.07) is 17.4. The molecule has 0 saturated carbocycles. The van der Waals surface area contributed by atoms with Gasteiger partial charge >= 0.3 is 0 Å². The number of aromatic nitrogens is 2. The van der Waals surface area contributed by atoms with Gasteiger partial charge in [0.15, 0.2) is 0 Å². The van der Waals surface area contributed by atoms with Gasteiger partial charge in [0.05, 0.1) is 16.7 Å². The van der Waals surface area contributed by atoms with Crippen LogP contribution in [0.3, 0.4) is 0 Å². The van der Waals surface area contributed by atoms with E-state index in [1.807, 2.05) is 54.6 Å². The van der Waals surface area contributed by atoms with Crippen LogP contribution in [0.1, 0.15) is 11.4 Å². The molecule has 0 aliphatic carbocycles. The lowest BCUT2D eigenvalue weighted by Crippen LogP contribution is -2.05. The van der Waals surface area contributed by atoms with Gasteiger partial charge in [-0.05, 0) is 12.1 Å². The molecule has 0 saturated heterocycles. The van der Waals surface area contributed by atoms with E-state index in [9.17, 15) is 5.21 Å². The van der Waals surface area contributed by atoms with E-state index in [1.165, 1.54) is 0 Å². The number of hydrogen-bond donors (Lipinski definition) is 3. The third-order valence-corrected chi connectivity index (χ3v) is 2.89. The van der Waals surface area contributed by atoms with E-state index >= 15 is 0 Å². The van der Waals surface area contributed by atoms with E-state index in [-0.39, 0.29) is 0 Å². The summed E-state index contributed by atoms with van der Waals surface area (Å²) < 4.78 is 0. The summed E-state index contributed by atoms with van der Waals surface area (Å²) in [4.78, 5) is 7.63. The van der Waals surface area contributed by atoms with Crippen LogP contribution in [0.5, 0.6) is 0 Å². The number of hydrogen-bond acceptors (Lipinski definition) is 3. The number of rotatable bonds is 3. The van der Waals surface area contributed by atoms with Crippen molar-refractivity contribution in [1.82, 2.24) is 15.4 Å². The number of hydroxylamine groups is 1. The maximum atomic E-state index is 9.26. The molecule has 19 heavy (non-hydrogen) atoms. The second-order valence-corrected chi connectivity index (χ2v) is 4.18. The zero-order valence-corrected chi connectivity index (χ0v) is 10.2. The first-order chi connectivity index (χ1) is 9.36. The molecule has 0 fully saturated rings. The van der Waals surface area contributed by atoms with Crippen molar-refractivity contribution >= 4 is 22.8 Å². The molecule has 1 heterocycles. The van der Waals surface area contributed by atoms with E-state index in [1.54, 1.807) is 6.08 Å². The van der Waals surface area contributed by atoms with Gasteiger partial charge in [0.25, 0.3) is 0 Å². The Bertz CT molecular complexity index is 683. The van der Waals surface area contributed by atoms with Crippen molar-refractivity contribution in [2.24, 2.45) is 0 Å². The van der Waals surface area contributed by atoms with Gasteiger partial charge in [0.2, 0.25) is 0 Å². The Morgan fingerprint density at radius 2 is 1.79 bits per heavy atom. The molecule has 0 aliphatic rings. The van der Waals surface area contributed by atoms with Crippen molar-refractivity contribution in [2.75, 3.05) is 0 Å². The Morgan fingerprint density at radius 1 is 1.05 bits per heavy atom. The predicted molar refractivity (Wildman–Crippen MR) is 75.3 cm³/mol. The molecule has 3 rings (SSSR count). The van der Waals surface area contributed by atoms with E-state index in [0.717, 1.165) is 16.6 Å². The zero-order chi connectivity index (χ0) is 13.1. The molecule has 0 bridgehead atoms. The lowest BCUT2D eigenvalue weighted by molar-refractivity contribution is 0.225. The molecule has 1 aromatic heterocycles. The second-order valence-electron chi connectivity index (χ2n) is 4.18. The van der Waals surface area contributed by atoms with E-state index in [4.69, 9.17) is 0 Å². The molecule has 0 aliphatic heterocycles. The van der Waals surface area contributed by atoms with Gasteiger partial charge in [-0.15, -0.1) is 0 Å². The van der Waals surface area contributed by atoms with Crippen LogP contribution >= 0.6 is 0 Å². The molecule has 0 spiro atoms. The molecule has 0 amide bonds. The first-order valence-electron chi connectivity index (χ1n) is 5.99. The normalized spacial score (nSPS) is 11.7. The molecule has 0 unspecified atom stereocenters. The Kier molecular flexibility index (Phi) is 3.00. The number of nitrogens with one attached hydrogen (secondary N) is 2. The first kappa shape index (κ1) is 11.5. The molecule has 4 nitrogen and oxygen atoms in total. The number of nitrogens with zero attached hydrogens (tertiary/aromatic N) is 1. The molecular weight excluding hydrogens is 238 g/mol. The van der Waals surface area contributed by atoms with Gasteiger partial charge in [-0.2, -0.15) is 0 Å². The quantitative estimate of drug-likeness (QED) is 0.627. The summed E-state index contributed by atoms with van der Waals surface area (Å²) >= 11 is 0. The number of imidazole rings is 1. The Balaban J connectivity index is 2.03. The van der Waals surface area contributed by atoms with Crippen LogP contribution < -0.4 is 5.48 Å². The molecule has 3 N–H and O–H groups in total. The lowest BCUT2D eigenvalue weighted by Gasteiger charge is -2.04. The monoisotopic (exact) mass is 251 g/mol. The van der Waals surface area contributed by atoms with E-state index in [2.05, 4.69) is 15.4 Å². The van der Waals surface area contributed by atoms with Crippen LogP contribution in [-0.4, -0.2) is 15.2 Å². The maximum Gasteiger partial charge on any atom is 0.133 e. The third kappa shape index (κ3) is 2.34. The minimum atomic E-state index is 0.597. The van der Waals surface area contributed by atoms with Gasteiger partial charge in [0, 0.05) is 11.6 Å². The number of aromatic amines is 1. The summed E-state index contributed by atoms with van der Waals surface area (Å²) in [6.45, 7) is 0. The Hall–Kier alpha value is -2.59. The average Bonchev–Trinajstić information content (AvgIpc) is 2.88. The number of H-pyrrole nitrogens is 1. The molecule has 0 atom stereocenters. The van der Waals surface area contributed by atoms with Gasteiger partial charge in [-0.25, -0.2) is 4.98 Å². The van der Waals surface area contributed by atoms with Crippen molar-refractivity contribution < 1.29 is 5.21 Å². The van der Waals surface area contributed by atoms with Crippen molar-refractivity contribution in [3.63, 3.8) is 0 Å². The van der Waals surface area contributed by atoms with Gasteiger partial charge in [-0.3, -0.25) is 10.7 Å². The highest BCUT2D eigenvalue weighted by molar-refractivity contribution is 5.82. The Morgan fingerprint density at radius 3 is 2.53 bits per heavy atom. The SMILES string of the molecule is ON/C(=C\c1nc2ccccc2[nH]1)c1ccccc1. The van der Waals surface area contributed by atoms with Gasteiger partial charge in [0.1, 0.15) is 5.82 Å². The van der Waals surface area contributed by atoms with Crippen LogP contribution in [0.4, 0.5) is 0 Å². The standard InChI is InChI=1S/C15H13N3O/c19-18-14(11-6-2-1-3-7-11)10-15-16-12-8-4-5-9-13(12)17-15/h1-10,18-19H,(H,16,17)/b14-10-. The number of fused-ring (bicyclic) bond motifs is 1. The molecule has 4 heteroatoms. The summed E-state index contributed by atoms with van der Waals surface area (Å²) in [5.74, 6) is 0.696. The summed E-state index contributed by atoms with van der Waals surface area (Å²) in [7, 11) is 0. The smallest absolute Gasteiger partial charge is 0.133 e. The van der Waals surface area contributed by atoms with Crippen LogP contribution in [0.15, 0.2) is 54.6 Å². The molecule has 2 aromatic carbocycles. The fourth-order valence-corrected chi connectivity index (χ4v) is 1.98. The summed E-state index contributed by atoms with van der Waals surface area (Å²) in [6.07, 6.45) is 1.77. The molecule has 0 radical (unpaired) electrons. The van der Waals surface area contributed by atoms with Crippen LogP contribution in [0.2, 0.25) is 0 Å². The van der Waals surface area contributed by atoms with Crippen LogP contribution in [0.25, 0.3) is 22.8 Å². The second kappa shape index (κ2) is 4.96. The largest absolute Gasteiger partial charge is 0.338 e. The number of para-hydroxylation sites is 2. The fourth-order valence-electron chi connectivity index (χ4n) is 1.98. The van der Waals surface area contributed by atoms with E-state index in [0.29, 0.717) is 11.5 Å². The molecule has 3 aromatic rings. The number of benzene rings is 2.